The van der Waals surface area contributed by atoms with Gasteiger partial charge in [-0.1, -0.05) is 19.9 Å². The average molecular weight is 224 g/mol. The van der Waals surface area contributed by atoms with E-state index in [4.69, 9.17) is 9.47 Å². The molecule has 1 rings (SSSR count). The topological polar surface area (TPSA) is 38.7 Å². The highest BCUT2D eigenvalue weighted by molar-refractivity contribution is 5.43. The summed E-state index contributed by atoms with van der Waals surface area (Å²) in [4.78, 5) is 0. The van der Waals surface area contributed by atoms with Gasteiger partial charge in [0.15, 0.2) is 11.5 Å². The van der Waals surface area contributed by atoms with E-state index in [0.717, 1.165) is 12.0 Å². The van der Waals surface area contributed by atoms with Gasteiger partial charge in [-0.05, 0) is 30.5 Å². The molecule has 0 heterocycles. The van der Waals surface area contributed by atoms with Gasteiger partial charge in [0.05, 0.1) is 19.8 Å². The standard InChI is InChI=1S/C13H20O3/c1-4-8-16-13-9-10(11(14)5-2)6-7-12(13)15-3/h6-7,9,11,14H,4-5,8H2,1-3H3. The molecule has 0 radical (unpaired) electrons. The molecule has 1 unspecified atom stereocenters. The molecule has 1 N–H and O–H groups in total. The molecule has 0 aliphatic heterocycles. The van der Waals surface area contributed by atoms with E-state index in [1.807, 2.05) is 25.1 Å². The number of methoxy groups -OCH3 is 1. The van der Waals surface area contributed by atoms with Crippen LogP contribution in [-0.2, 0) is 0 Å². The Morgan fingerprint density at radius 3 is 2.56 bits per heavy atom. The van der Waals surface area contributed by atoms with Gasteiger partial charge in [-0.15, -0.1) is 0 Å². The van der Waals surface area contributed by atoms with Crippen LogP contribution in [-0.4, -0.2) is 18.8 Å². The third kappa shape index (κ3) is 3.14. The van der Waals surface area contributed by atoms with Crippen molar-refractivity contribution in [3.8, 4) is 11.5 Å². The zero-order chi connectivity index (χ0) is 12.0. The molecule has 16 heavy (non-hydrogen) atoms. The van der Waals surface area contributed by atoms with Gasteiger partial charge in [-0.2, -0.15) is 0 Å². The summed E-state index contributed by atoms with van der Waals surface area (Å²) < 4.78 is 10.8. The first-order valence-electron chi connectivity index (χ1n) is 5.71. The molecule has 0 aliphatic rings. The predicted molar refractivity (Wildman–Crippen MR) is 64.0 cm³/mol. The molecule has 1 aromatic rings. The molecule has 3 heteroatoms. The van der Waals surface area contributed by atoms with Gasteiger partial charge in [-0.3, -0.25) is 0 Å². The van der Waals surface area contributed by atoms with E-state index >= 15 is 0 Å². The quantitative estimate of drug-likeness (QED) is 0.807. The van der Waals surface area contributed by atoms with Crippen molar-refractivity contribution in [3.63, 3.8) is 0 Å². The Labute approximate surface area is 97.0 Å². The number of hydrogen-bond donors (Lipinski definition) is 1. The third-order valence-corrected chi connectivity index (χ3v) is 2.42. The summed E-state index contributed by atoms with van der Waals surface area (Å²) >= 11 is 0. The van der Waals surface area contributed by atoms with E-state index in [1.165, 1.54) is 0 Å². The fraction of sp³-hybridized carbons (Fsp3) is 0.538. The largest absolute Gasteiger partial charge is 0.493 e. The van der Waals surface area contributed by atoms with Crippen LogP contribution < -0.4 is 9.47 Å². The van der Waals surface area contributed by atoms with Gasteiger partial charge in [0.1, 0.15) is 0 Å². The summed E-state index contributed by atoms with van der Waals surface area (Å²) in [5.41, 5.74) is 0.870. The number of aliphatic hydroxyl groups is 1. The summed E-state index contributed by atoms with van der Waals surface area (Å²) in [6.07, 6.45) is 1.21. The Bertz CT molecular complexity index is 323. The molecule has 0 spiro atoms. The molecule has 1 atom stereocenters. The first kappa shape index (κ1) is 12.8. The summed E-state index contributed by atoms with van der Waals surface area (Å²) in [5, 5.41) is 9.75. The highest BCUT2D eigenvalue weighted by Gasteiger charge is 2.10. The van der Waals surface area contributed by atoms with Gasteiger partial charge >= 0.3 is 0 Å². The Hall–Kier alpha value is -1.22. The first-order chi connectivity index (χ1) is 7.72. The van der Waals surface area contributed by atoms with Crippen LogP contribution in [0.15, 0.2) is 18.2 Å². The van der Waals surface area contributed by atoms with Crippen LogP contribution in [0.25, 0.3) is 0 Å². The van der Waals surface area contributed by atoms with Crippen LogP contribution in [0, 0.1) is 0 Å². The van der Waals surface area contributed by atoms with E-state index in [2.05, 4.69) is 6.92 Å². The molecule has 3 nitrogen and oxygen atoms in total. The van der Waals surface area contributed by atoms with Crippen molar-refractivity contribution in [1.82, 2.24) is 0 Å². The Kier molecular flexibility index (Phi) is 5.12. The smallest absolute Gasteiger partial charge is 0.161 e. The van der Waals surface area contributed by atoms with Crippen LogP contribution in [0.3, 0.4) is 0 Å². The van der Waals surface area contributed by atoms with Crippen LogP contribution in [0.2, 0.25) is 0 Å². The van der Waals surface area contributed by atoms with Crippen molar-refractivity contribution >= 4 is 0 Å². The molecule has 0 aliphatic carbocycles. The minimum absolute atomic E-state index is 0.435. The molecule has 0 bridgehead atoms. The van der Waals surface area contributed by atoms with E-state index < -0.39 is 6.10 Å². The van der Waals surface area contributed by atoms with Crippen molar-refractivity contribution in [2.75, 3.05) is 13.7 Å². The molecule has 90 valence electrons. The van der Waals surface area contributed by atoms with Crippen LogP contribution in [0.4, 0.5) is 0 Å². The summed E-state index contributed by atoms with van der Waals surface area (Å²) in [6, 6.07) is 5.55. The first-order valence-corrected chi connectivity index (χ1v) is 5.71. The van der Waals surface area contributed by atoms with E-state index in [0.29, 0.717) is 24.5 Å². The molecule has 0 aromatic heterocycles. The average Bonchev–Trinajstić information content (AvgIpc) is 2.34. The van der Waals surface area contributed by atoms with E-state index in [-0.39, 0.29) is 0 Å². The Balaban J connectivity index is 2.91. The van der Waals surface area contributed by atoms with Crippen molar-refractivity contribution in [3.05, 3.63) is 23.8 Å². The number of ether oxygens (including phenoxy) is 2. The van der Waals surface area contributed by atoms with Crippen LogP contribution in [0.5, 0.6) is 11.5 Å². The zero-order valence-electron chi connectivity index (χ0n) is 10.2. The second kappa shape index (κ2) is 6.38. The van der Waals surface area contributed by atoms with Gasteiger partial charge < -0.3 is 14.6 Å². The van der Waals surface area contributed by atoms with Crippen molar-refractivity contribution in [2.24, 2.45) is 0 Å². The number of benzene rings is 1. The van der Waals surface area contributed by atoms with Crippen molar-refractivity contribution in [1.29, 1.82) is 0 Å². The number of aliphatic hydroxyl groups excluding tert-OH is 1. The molecular weight excluding hydrogens is 204 g/mol. The highest BCUT2D eigenvalue weighted by atomic mass is 16.5. The van der Waals surface area contributed by atoms with Crippen LogP contribution in [0.1, 0.15) is 38.4 Å². The molecule has 0 saturated carbocycles. The maximum absolute atomic E-state index is 9.75. The van der Waals surface area contributed by atoms with Crippen molar-refractivity contribution in [2.45, 2.75) is 32.8 Å². The minimum atomic E-state index is -0.435. The zero-order valence-corrected chi connectivity index (χ0v) is 10.2. The normalized spacial score (nSPS) is 12.2. The molecule has 1 aromatic carbocycles. The Morgan fingerprint density at radius 1 is 1.25 bits per heavy atom. The highest BCUT2D eigenvalue weighted by Crippen LogP contribution is 2.31. The third-order valence-electron chi connectivity index (χ3n) is 2.42. The molecule has 0 amide bonds. The van der Waals surface area contributed by atoms with E-state index in [1.54, 1.807) is 7.11 Å². The number of rotatable bonds is 6. The van der Waals surface area contributed by atoms with Crippen molar-refractivity contribution < 1.29 is 14.6 Å². The fourth-order valence-electron chi connectivity index (χ4n) is 1.46. The summed E-state index contributed by atoms with van der Waals surface area (Å²) in [6.45, 7) is 4.65. The maximum atomic E-state index is 9.75. The van der Waals surface area contributed by atoms with Gasteiger partial charge in [0.25, 0.3) is 0 Å². The van der Waals surface area contributed by atoms with Gasteiger partial charge in [0, 0.05) is 0 Å². The predicted octanol–water partition coefficient (Wildman–Crippen LogP) is 2.93. The lowest BCUT2D eigenvalue weighted by Crippen LogP contribution is -2.01. The molecule has 0 fully saturated rings. The molecule has 0 saturated heterocycles. The SMILES string of the molecule is CCCOc1cc(C(O)CC)ccc1OC. The number of hydrogen-bond acceptors (Lipinski definition) is 3. The van der Waals surface area contributed by atoms with Gasteiger partial charge in [0.2, 0.25) is 0 Å². The second-order valence-electron chi connectivity index (χ2n) is 3.68. The lowest BCUT2D eigenvalue weighted by Gasteiger charge is -2.14. The summed E-state index contributed by atoms with van der Waals surface area (Å²) in [7, 11) is 1.62. The maximum Gasteiger partial charge on any atom is 0.161 e. The fourth-order valence-corrected chi connectivity index (χ4v) is 1.46. The van der Waals surface area contributed by atoms with Gasteiger partial charge in [-0.25, -0.2) is 0 Å². The Morgan fingerprint density at radius 2 is 2.00 bits per heavy atom. The summed E-state index contributed by atoms with van der Waals surface area (Å²) in [5.74, 6) is 1.41. The minimum Gasteiger partial charge on any atom is -0.493 e. The lowest BCUT2D eigenvalue weighted by molar-refractivity contribution is 0.173. The molecular formula is C13H20O3. The second-order valence-corrected chi connectivity index (χ2v) is 3.68. The monoisotopic (exact) mass is 224 g/mol. The van der Waals surface area contributed by atoms with E-state index in [9.17, 15) is 5.11 Å². The lowest BCUT2D eigenvalue weighted by atomic mass is 10.1. The van der Waals surface area contributed by atoms with Crippen LogP contribution >= 0.6 is 0 Å².